The van der Waals surface area contributed by atoms with Crippen molar-refractivity contribution in [3.8, 4) is 0 Å². The number of rotatable bonds is 4. The Bertz CT molecular complexity index is 182. The van der Waals surface area contributed by atoms with E-state index in [0.29, 0.717) is 18.0 Å². The first-order valence-electron chi connectivity index (χ1n) is 5.98. The van der Waals surface area contributed by atoms with Crippen molar-refractivity contribution in [3.63, 3.8) is 0 Å². The molecular weight excluding hydrogens is 190 g/mol. The molecule has 0 aromatic heterocycles. The second kappa shape index (κ2) is 5.28. The van der Waals surface area contributed by atoms with E-state index in [-0.39, 0.29) is 0 Å². The molecule has 1 unspecified atom stereocenters. The average Bonchev–Trinajstić information content (AvgIpc) is 2.15. The van der Waals surface area contributed by atoms with Gasteiger partial charge in [0.2, 0.25) is 0 Å². The maximum Gasteiger partial charge on any atom is 0.162 e. The molecule has 3 heteroatoms. The third-order valence-corrected chi connectivity index (χ3v) is 2.96. The van der Waals surface area contributed by atoms with Gasteiger partial charge in [-0.3, -0.25) is 0 Å². The van der Waals surface area contributed by atoms with Gasteiger partial charge >= 0.3 is 0 Å². The molecule has 0 radical (unpaired) electrons. The Balaban J connectivity index is 2.34. The first kappa shape index (κ1) is 12.9. The fourth-order valence-corrected chi connectivity index (χ4v) is 1.87. The van der Waals surface area contributed by atoms with Crippen molar-refractivity contribution in [1.29, 1.82) is 0 Å². The van der Waals surface area contributed by atoms with E-state index in [1.54, 1.807) is 0 Å². The van der Waals surface area contributed by atoms with E-state index < -0.39 is 5.79 Å². The number of ether oxygens (including phenoxy) is 2. The van der Waals surface area contributed by atoms with Crippen molar-refractivity contribution in [2.45, 2.75) is 58.9 Å². The van der Waals surface area contributed by atoms with Crippen LogP contribution in [0.2, 0.25) is 0 Å². The summed E-state index contributed by atoms with van der Waals surface area (Å²) < 4.78 is 11.2. The quantitative estimate of drug-likeness (QED) is 0.779. The Kier molecular flexibility index (Phi) is 4.56. The van der Waals surface area contributed by atoms with Crippen LogP contribution in [0.1, 0.15) is 41.0 Å². The van der Waals surface area contributed by atoms with Crippen LogP contribution in [0.5, 0.6) is 0 Å². The smallest absolute Gasteiger partial charge is 0.162 e. The zero-order valence-electron chi connectivity index (χ0n) is 10.7. The average molecular weight is 215 g/mol. The minimum absolute atomic E-state index is 0.338. The van der Waals surface area contributed by atoms with Crippen LogP contribution in [0.25, 0.3) is 0 Å². The first-order valence-corrected chi connectivity index (χ1v) is 5.98. The summed E-state index contributed by atoms with van der Waals surface area (Å²) in [6, 6.07) is 0.897. The molecule has 1 aliphatic rings. The minimum Gasteiger partial charge on any atom is -0.349 e. The lowest BCUT2D eigenvalue weighted by Crippen LogP contribution is -2.52. The Morgan fingerprint density at radius 3 is 2.20 bits per heavy atom. The standard InChI is InChI=1S/C12H25NO2/c1-6-11(9(2)3)13-10-7-14-12(4,5)15-8-10/h9-11,13H,6-8H2,1-5H3. The van der Waals surface area contributed by atoms with Crippen LogP contribution in [0.15, 0.2) is 0 Å². The van der Waals surface area contributed by atoms with Crippen molar-refractivity contribution in [1.82, 2.24) is 5.32 Å². The summed E-state index contributed by atoms with van der Waals surface area (Å²) in [6.45, 7) is 12.1. The molecule has 1 aliphatic heterocycles. The highest BCUT2D eigenvalue weighted by molar-refractivity contribution is 4.78. The van der Waals surface area contributed by atoms with Crippen molar-refractivity contribution >= 4 is 0 Å². The van der Waals surface area contributed by atoms with E-state index in [9.17, 15) is 0 Å². The van der Waals surface area contributed by atoms with Gasteiger partial charge in [-0.15, -0.1) is 0 Å². The van der Waals surface area contributed by atoms with Gasteiger partial charge in [-0.2, -0.15) is 0 Å². The highest BCUT2D eigenvalue weighted by Crippen LogP contribution is 2.18. The normalized spacial score (nSPS) is 24.4. The lowest BCUT2D eigenvalue weighted by Gasteiger charge is -2.37. The molecule has 0 aromatic carbocycles. The van der Waals surface area contributed by atoms with E-state index in [4.69, 9.17) is 9.47 Å². The highest BCUT2D eigenvalue weighted by Gasteiger charge is 2.29. The van der Waals surface area contributed by atoms with E-state index >= 15 is 0 Å². The first-order chi connectivity index (χ1) is 6.94. The topological polar surface area (TPSA) is 30.5 Å². The molecule has 1 fully saturated rings. The fourth-order valence-electron chi connectivity index (χ4n) is 1.87. The Morgan fingerprint density at radius 2 is 1.80 bits per heavy atom. The highest BCUT2D eigenvalue weighted by atomic mass is 16.7. The third kappa shape index (κ3) is 4.09. The largest absolute Gasteiger partial charge is 0.349 e. The summed E-state index contributed by atoms with van der Waals surface area (Å²) in [7, 11) is 0. The predicted molar refractivity (Wildman–Crippen MR) is 61.8 cm³/mol. The Morgan fingerprint density at radius 1 is 1.27 bits per heavy atom. The third-order valence-electron chi connectivity index (χ3n) is 2.96. The monoisotopic (exact) mass is 215 g/mol. The summed E-state index contributed by atoms with van der Waals surface area (Å²) in [5, 5.41) is 3.59. The van der Waals surface area contributed by atoms with Gasteiger partial charge in [0.25, 0.3) is 0 Å². The zero-order valence-corrected chi connectivity index (χ0v) is 10.7. The molecule has 0 spiro atoms. The maximum atomic E-state index is 5.62. The van der Waals surface area contributed by atoms with Gasteiger partial charge in [-0.25, -0.2) is 0 Å². The Labute approximate surface area is 93.5 Å². The minimum atomic E-state index is -0.405. The SMILES string of the molecule is CCC(NC1COC(C)(C)OC1)C(C)C. The van der Waals surface area contributed by atoms with Crippen molar-refractivity contribution in [3.05, 3.63) is 0 Å². The van der Waals surface area contributed by atoms with Crippen molar-refractivity contribution < 1.29 is 9.47 Å². The Hall–Kier alpha value is -0.120. The van der Waals surface area contributed by atoms with Crippen LogP contribution in [-0.4, -0.2) is 31.1 Å². The molecule has 1 atom stereocenters. The van der Waals surface area contributed by atoms with Gasteiger partial charge in [-0.1, -0.05) is 20.8 Å². The van der Waals surface area contributed by atoms with E-state index in [0.717, 1.165) is 19.6 Å². The summed E-state index contributed by atoms with van der Waals surface area (Å²) in [5.41, 5.74) is 0. The molecular formula is C12H25NO2. The van der Waals surface area contributed by atoms with Crippen LogP contribution in [0.3, 0.4) is 0 Å². The van der Waals surface area contributed by atoms with E-state index in [1.165, 1.54) is 0 Å². The second-order valence-corrected chi connectivity index (χ2v) is 5.14. The molecule has 15 heavy (non-hydrogen) atoms. The number of nitrogens with one attached hydrogen (secondary N) is 1. The van der Waals surface area contributed by atoms with E-state index in [1.807, 2.05) is 13.8 Å². The summed E-state index contributed by atoms with van der Waals surface area (Å²) in [5.74, 6) is 0.252. The van der Waals surface area contributed by atoms with Gasteiger partial charge in [0.15, 0.2) is 5.79 Å². The summed E-state index contributed by atoms with van der Waals surface area (Å²) in [4.78, 5) is 0. The molecule has 0 aromatic rings. The lowest BCUT2D eigenvalue weighted by molar-refractivity contribution is -0.253. The maximum absolute atomic E-state index is 5.62. The summed E-state index contributed by atoms with van der Waals surface area (Å²) >= 11 is 0. The summed E-state index contributed by atoms with van der Waals surface area (Å²) in [6.07, 6.45) is 1.15. The number of hydrogen-bond acceptors (Lipinski definition) is 3. The number of hydrogen-bond donors (Lipinski definition) is 1. The predicted octanol–water partition coefficient (Wildman–Crippen LogP) is 2.16. The molecule has 0 bridgehead atoms. The van der Waals surface area contributed by atoms with E-state index in [2.05, 4.69) is 26.1 Å². The second-order valence-electron chi connectivity index (χ2n) is 5.14. The van der Waals surface area contributed by atoms with Gasteiger partial charge in [-0.05, 0) is 26.2 Å². The zero-order chi connectivity index (χ0) is 11.5. The van der Waals surface area contributed by atoms with Crippen LogP contribution in [0, 0.1) is 5.92 Å². The molecule has 0 saturated carbocycles. The van der Waals surface area contributed by atoms with Crippen LogP contribution in [0.4, 0.5) is 0 Å². The molecule has 1 rings (SSSR count). The molecule has 90 valence electrons. The molecule has 1 heterocycles. The molecule has 1 saturated heterocycles. The van der Waals surface area contributed by atoms with Crippen molar-refractivity contribution in [2.75, 3.05) is 13.2 Å². The molecule has 3 nitrogen and oxygen atoms in total. The molecule has 0 aliphatic carbocycles. The fraction of sp³-hybridized carbons (Fsp3) is 1.00. The van der Waals surface area contributed by atoms with Gasteiger partial charge < -0.3 is 14.8 Å². The molecule has 0 amide bonds. The van der Waals surface area contributed by atoms with Gasteiger partial charge in [0, 0.05) is 6.04 Å². The molecule has 1 N–H and O–H groups in total. The van der Waals surface area contributed by atoms with Gasteiger partial charge in [0.05, 0.1) is 19.3 Å². The van der Waals surface area contributed by atoms with Crippen LogP contribution >= 0.6 is 0 Å². The lowest BCUT2D eigenvalue weighted by atomic mass is 10.0. The van der Waals surface area contributed by atoms with Crippen LogP contribution < -0.4 is 5.32 Å². The van der Waals surface area contributed by atoms with Crippen molar-refractivity contribution in [2.24, 2.45) is 5.92 Å². The van der Waals surface area contributed by atoms with Crippen LogP contribution in [-0.2, 0) is 9.47 Å². The van der Waals surface area contributed by atoms with Gasteiger partial charge in [0.1, 0.15) is 0 Å².